The smallest absolute Gasteiger partial charge is 0.270 e. The van der Waals surface area contributed by atoms with Gasteiger partial charge in [-0.15, -0.1) is 0 Å². The number of rotatable bonds is 10. The fourth-order valence-electron chi connectivity index (χ4n) is 3.38. The summed E-state index contributed by atoms with van der Waals surface area (Å²) in [6.07, 6.45) is 0.668. The summed E-state index contributed by atoms with van der Waals surface area (Å²) in [6.45, 7) is 2.62. The number of amides is 3. The number of ether oxygens (including phenoxy) is 3. The van der Waals surface area contributed by atoms with Crippen molar-refractivity contribution in [2.45, 2.75) is 25.8 Å². The molecular formula is C24H28N4O6S. The van der Waals surface area contributed by atoms with Crippen molar-refractivity contribution in [1.29, 1.82) is 0 Å². The Hall–Kier alpha value is -3.86. The number of anilines is 1. The third-order valence-electron chi connectivity index (χ3n) is 5.25. The lowest BCUT2D eigenvalue weighted by Gasteiger charge is -2.24. The van der Waals surface area contributed by atoms with Gasteiger partial charge in [0.25, 0.3) is 11.8 Å². The van der Waals surface area contributed by atoms with E-state index in [1.807, 2.05) is 6.92 Å². The average molecular weight is 501 g/mol. The fraction of sp³-hybridized carbons (Fsp3) is 0.333. The van der Waals surface area contributed by atoms with Gasteiger partial charge in [0.1, 0.15) is 23.3 Å². The van der Waals surface area contributed by atoms with E-state index < -0.39 is 23.8 Å². The molecule has 1 unspecified atom stereocenters. The van der Waals surface area contributed by atoms with Crippen molar-refractivity contribution in [3.8, 4) is 17.2 Å². The number of hydrazine groups is 1. The number of nitrogens with one attached hydrogen (secondary N) is 2. The molecule has 0 radical (unpaired) electrons. The SMILES string of the molecule is CCCOc1ccc(NC(=O)CC2C(=O)N(C)C(=S)N2NC(=O)c2cc(OC)cc(OC)c2)cc1. The molecule has 1 heterocycles. The van der Waals surface area contributed by atoms with Crippen molar-refractivity contribution in [2.24, 2.45) is 0 Å². The van der Waals surface area contributed by atoms with Crippen LogP contribution < -0.4 is 25.0 Å². The zero-order valence-electron chi connectivity index (χ0n) is 20.0. The first-order chi connectivity index (χ1) is 16.8. The number of nitrogens with zero attached hydrogens (tertiary/aromatic N) is 2. The second kappa shape index (κ2) is 11.5. The van der Waals surface area contributed by atoms with Crippen LogP contribution in [0.25, 0.3) is 0 Å². The predicted octanol–water partition coefficient (Wildman–Crippen LogP) is 2.59. The van der Waals surface area contributed by atoms with Crippen LogP contribution in [0.1, 0.15) is 30.1 Å². The van der Waals surface area contributed by atoms with E-state index in [4.69, 9.17) is 26.4 Å². The maximum atomic E-state index is 13.0. The number of thiocarbonyl (C=S) groups is 1. The molecule has 3 amide bonds. The Morgan fingerprint density at radius 1 is 1.03 bits per heavy atom. The van der Waals surface area contributed by atoms with Gasteiger partial charge in [-0.05, 0) is 55.0 Å². The first kappa shape index (κ1) is 25.8. The molecule has 0 bridgehead atoms. The monoisotopic (exact) mass is 500 g/mol. The molecule has 0 aromatic heterocycles. The molecule has 2 N–H and O–H groups in total. The number of hydrogen-bond acceptors (Lipinski definition) is 7. The van der Waals surface area contributed by atoms with Crippen molar-refractivity contribution < 1.29 is 28.6 Å². The van der Waals surface area contributed by atoms with Gasteiger partial charge in [-0.25, -0.2) is 5.01 Å². The van der Waals surface area contributed by atoms with Crippen molar-refractivity contribution >= 4 is 40.7 Å². The summed E-state index contributed by atoms with van der Waals surface area (Å²) >= 11 is 5.34. The Morgan fingerprint density at radius 3 is 2.23 bits per heavy atom. The van der Waals surface area contributed by atoms with Crippen LogP contribution in [0.4, 0.5) is 5.69 Å². The molecule has 0 spiro atoms. The Kier molecular flexibility index (Phi) is 8.48. The number of methoxy groups -OCH3 is 2. The highest BCUT2D eigenvalue weighted by atomic mass is 32.1. The molecule has 11 heteroatoms. The van der Waals surface area contributed by atoms with Gasteiger partial charge >= 0.3 is 0 Å². The van der Waals surface area contributed by atoms with Crippen LogP contribution in [0.3, 0.4) is 0 Å². The van der Waals surface area contributed by atoms with E-state index >= 15 is 0 Å². The molecule has 1 atom stereocenters. The molecule has 10 nitrogen and oxygen atoms in total. The first-order valence-electron chi connectivity index (χ1n) is 10.9. The third-order valence-corrected chi connectivity index (χ3v) is 5.72. The van der Waals surface area contributed by atoms with Crippen molar-refractivity contribution in [2.75, 3.05) is 33.2 Å². The molecule has 2 aromatic carbocycles. The largest absolute Gasteiger partial charge is 0.497 e. The molecule has 1 fully saturated rings. The number of carbonyl (C=O) groups excluding carboxylic acids is 3. The Morgan fingerprint density at radius 2 is 1.66 bits per heavy atom. The fourth-order valence-corrected chi connectivity index (χ4v) is 3.64. The van der Waals surface area contributed by atoms with Crippen LogP contribution in [0.2, 0.25) is 0 Å². The summed E-state index contributed by atoms with van der Waals surface area (Å²) in [6, 6.07) is 10.6. The van der Waals surface area contributed by atoms with Crippen LogP contribution in [0.15, 0.2) is 42.5 Å². The second-order valence-corrected chi connectivity index (χ2v) is 8.10. The number of likely N-dealkylation sites (N-methyl/N-ethyl adjacent to an activating group) is 1. The Labute approximate surface area is 209 Å². The zero-order chi connectivity index (χ0) is 25.5. The lowest BCUT2D eigenvalue weighted by atomic mass is 10.1. The summed E-state index contributed by atoms with van der Waals surface area (Å²) in [5.41, 5.74) is 3.43. The van der Waals surface area contributed by atoms with Gasteiger partial charge in [0.2, 0.25) is 5.91 Å². The summed E-state index contributed by atoms with van der Waals surface area (Å²) in [4.78, 5) is 39.7. The average Bonchev–Trinajstić information content (AvgIpc) is 3.06. The molecule has 2 aromatic rings. The maximum absolute atomic E-state index is 13.0. The Bertz CT molecular complexity index is 1090. The minimum atomic E-state index is -1.00. The standard InChI is InChI=1S/C24H28N4O6S/c1-5-10-34-17-8-6-16(7-9-17)25-21(29)14-20-23(31)27(2)24(35)28(20)26-22(30)15-11-18(32-3)13-19(12-15)33-4/h6-9,11-13,20H,5,10,14H2,1-4H3,(H,25,29)(H,26,30). The molecular weight excluding hydrogens is 472 g/mol. The summed E-state index contributed by atoms with van der Waals surface area (Å²) in [5.74, 6) is 0.192. The van der Waals surface area contributed by atoms with Gasteiger partial charge in [-0.2, -0.15) is 0 Å². The highest BCUT2D eigenvalue weighted by Crippen LogP contribution is 2.24. The van der Waals surface area contributed by atoms with E-state index in [2.05, 4.69) is 10.7 Å². The topological polar surface area (TPSA) is 109 Å². The molecule has 0 saturated carbocycles. The van der Waals surface area contributed by atoms with Crippen LogP contribution in [-0.2, 0) is 9.59 Å². The van der Waals surface area contributed by atoms with Crippen molar-refractivity contribution in [3.63, 3.8) is 0 Å². The van der Waals surface area contributed by atoms with Gasteiger partial charge in [0, 0.05) is 24.4 Å². The molecule has 1 aliphatic rings. The van der Waals surface area contributed by atoms with E-state index in [-0.39, 0.29) is 17.1 Å². The normalized spacial score (nSPS) is 15.1. The molecule has 0 aliphatic carbocycles. The number of hydrogen-bond donors (Lipinski definition) is 2. The molecule has 1 saturated heterocycles. The first-order valence-corrected chi connectivity index (χ1v) is 11.4. The third kappa shape index (κ3) is 6.18. The van der Waals surface area contributed by atoms with Crippen LogP contribution >= 0.6 is 12.2 Å². The molecule has 35 heavy (non-hydrogen) atoms. The van der Waals surface area contributed by atoms with Gasteiger partial charge in [-0.3, -0.25) is 24.7 Å². The van der Waals surface area contributed by atoms with E-state index in [0.29, 0.717) is 29.5 Å². The van der Waals surface area contributed by atoms with Crippen molar-refractivity contribution in [1.82, 2.24) is 15.3 Å². The van der Waals surface area contributed by atoms with Crippen LogP contribution in [-0.4, -0.2) is 66.7 Å². The highest BCUT2D eigenvalue weighted by Gasteiger charge is 2.42. The predicted molar refractivity (Wildman–Crippen MR) is 133 cm³/mol. The molecule has 186 valence electrons. The van der Waals surface area contributed by atoms with Crippen LogP contribution in [0, 0.1) is 0 Å². The Balaban J connectivity index is 1.71. The summed E-state index contributed by atoms with van der Waals surface area (Å²) < 4.78 is 16.0. The molecule has 3 rings (SSSR count). The molecule has 1 aliphatic heterocycles. The van der Waals surface area contributed by atoms with E-state index in [9.17, 15) is 14.4 Å². The summed E-state index contributed by atoms with van der Waals surface area (Å²) in [7, 11) is 4.44. The number of carbonyl (C=O) groups is 3. The quantitative estimate of drug-likeness (QED) is 0.479. The minimum absolute atomic E-state index is 0.0773. The zero-order valence-corrected chi connectivity index (χ0v) is 20.8. The van der Waals surface area contributed by atoms with Crippen molar-refractivity contribution in [3.05, 3.63) is 48.0 Å². The van der Waals surface area contributed by atoms with Gasteiger partial charge in [-0.1, -0.05) is 6.92 Å². The highest BCUT2D eigenvalue weighted by molar-refractivity contribution is 7.80. The lowest BCUT2D eigenvalue weighted by Crippen LogP contribution is -2.49. The van der Waals surface area contributed by atoms with Gasteiger partial charge in [0.05, 0.1) is 27.2 Å². The summed E-state index contributed by atoms with van der Waals surface area (Å²) in [5, 5.41) is 4.06. The maximum Gasteiger partial charge on any atom is 0.270 e. The van der Waals surface area contributed by atoms with Gasteiger partial charge in [0.15, 0.2) is 5.11 Å². The van der Waals surface area contributed by atoms with Gasteiger partial charge < -0.3 is 19.5 Å². The number of benzene rings is 2. The minimum Gasteiger partial charge on any atom is -0.497 e. The second-order valence-electron chi connectivity index (χ2n) is 7.73. The van der Waals surface area contributed by atoms with E-state index in [1.54, 1.807) is 30.3 Å². The van der Waals surface area contributed by atoms with E-state index in [0.717, 1.165) is 6.42 Å². The van der Waals surface area contributed by atoms with Crippen LogP contribution in [0.5, 0.6) is 17.2 Å². The van der Waals surface area contributed by atoms with E-state index in [1.165, 1.54) is 43.3 Å². The lowest BCUT2D eigenvalue weighted by molar-refractivity contribution is -0.130.